The van der Waals surface area contributed by atoms with Crippen LogP contribution in [0.25, 0.3) is 0 Å². The molecular formula is C17H27NO. The summed E-state index contributed by atoms with van der Waals surface area (Å²) < 4.78 is 0. The minimum absolute atomic E-state index is 0.172. The number of nitrogens with one attached hydrogen (secondary N) is 1. The van der Waals surface area contributed by atoms with Crippen molar-refractivity contribution in [1.82, 2.24) is 5.32 Å². The Hall–Kier alpha value is -0.860. The number of aliphatic hydroxyl groups excluding tert-OH is 1. The molecule has 1 atom stereocenters. The summed E-state index contributed by atoms with van der Waals surface area (Å²) in [5, 5.41) is 13.7. The van der Waals surface area contributed by atoms with Gasteiger partial charge in [-0.05, 0) is 29.4 Å². The van der Waals surface area contributed by atoms with Gasteiger partial charge in [-0.1, -0.05) is 57.9 Å². The average Bonchev–Trinajstić information content (AvgIpc) is 2.88. The summed E-state index contributed by atoms with van der Waals surface area (Å²) in [6.45, 7) is 7.29. The normalized spacial score (nSPS) is 18.7. The lowest BCUT2D eigenvalue weighted by molar-refractivity contribution is 0.170. The number of benzene rings is 1. The smallest absolute Gasteiger partial charge is 0.0914 e. The second-order valence-corrected chi connectivity index (χ2v) is 6.78. The van der Waals surface area contributed by atoms with Crippen molar-refractivity contribution in [3.8, 4) is 0 Å². The average molecular weight is 261 g/mol. The van der Waals surface area contributed by atoms with Gasteiger partial charge in [0.15, 0.2) is 0 Å². The Morgan fingerprint density at radius 1 is 1.16 bits per heavy atom. The Kier molecular flexibility index (Phi) is 4.64. The standard InChI is InChI=1S/C17H27NO/c1-17(2,3)14-10-8-13(9-11-14)16(19)12-18-15-6-4-5-7-15/h8-11,15-16,18-19H,4-7,12H2,1-3H3. The summed E-state index contributed by atoms with van der Waals surface area (Å²) in [6.07, 6.45) is 4.78. The van der Waals surface area contributed by atoms with Crippen LogP contribution >= 0.6 is 0 Å². The molecule has 1 aromatic rings. The van der Waals surface area contributed by atoms with Gasteiger partial charge in [-0.15, -0.1) is 0 Å². The predicted octanol–water partition coefficient (Wildman–Crippen LogP) is 3.55. The van der Waals surface area contributed by atoms with Gasteiger partial charge in [0, 0.05) is 12.6 Å². The third kappa shape index (κ3) is 4.05. The van der Waals surface area contributed by atoms with E-state index in [4.69, 9.17) is 0 Å². The van der Waals surface area contributed by atoms with E-state index in [0.29, 0.717) is 12.6 Å². The van der Waals surface area contributed by atoms with E-state index in [1.54, 1.807) is 0 Å². The fourth-order valence-corrected chi connectivity index (χ4v) is 2.73. The molecule has 0 saturated heterocycles. The van der Waals surface area contributed by atoms with Crippen molar-refractivity contribution in [1.29, 1.82) is 0 Å². The van der Waals surface area contributed by atoms with Crippen molar-refractivity contribution < 1.29 is 5.11 Å². The van der Waals surface area contributed by atoms with E-state index in [2.05, 4.69) is 50.4 Å². The largest absolute Gasteiger partial charge is 0.387 e. The molecule has 0 heterocycles. The SMILES string of the molecule is CC(C)(C)c1ccc(C(O)CNC2CCCC2)cc1. The van der Waals surface area contributed by atoms with Crippen molar-refractivity contribution in [2.45, 2.75) is 64.0 Å². The van der Waals surface area contributed by atoms with E-state index in [9.17, 15) is 5.11 Å². The lowest BCUT2D eigenvalue weighted by Crippen LogP contribution is -2.30. The minimum Gasteiger partial charge on any atom is -0.387 e. The van der Waals surface area contributed by atoms with Gasteiger partial charge in [-0.3, -0.25) is 0 Å². The zero-order valence-electron chi connectivity index (χ0n) is 12.4. The molecule has 0 spiro atoms. The van der Waals surface area contributed by atoms with Gasteiger partial charge in [-0.2, -0.15) is 0 Å². The van der Waals surface area contributed by atoms with Crippen LogP contribution < -0.4 is 5.32 Å². The van der Waals surface area contributed by atoms with Gasteiger partial charge < -0.3 is 10.4 Å². The van der Waals surface area contributed by atoms with Crippen LogP contribution in [-0.2, 0) is 5.41 Å². The second kappa shape index (κ2) is 6.06. The number of hydrogen-bond acceptors (Lipinski definition) is 2. The van der Waals surface area contributed by atoms with Crippen LogP contribution in [-0.4, -0.2) is 17.7 Å². The van der Waals surface area contributed by atoms with Crippen molar-refractivity contribution in [2.75, 3.05) is 6.54 Å². The first-order chi connectivity index (χ1) is 8.97. The molecule has 0 aromatic heterocycles. The van der Waals surface area contributed by atoms with Gasteiger partial charge in [0.1, 0.15) is 0 Å². The Morgan fingerprint density at radius 3 is 2.26 bits per heavy atom. The van der Waals surface area contributed by atoms with Crippen molar-refractivity contribution in [2.24, 2.45) is 0 Å². The Morgan fingerprint density at radius 2 is 1.74 bits per heavy atom. The lowest BCUT2D eigenvalue weighted by Gasteiger charge is -2.21. The molecule has 1 aliphatic rings. The van der Waals surface area contributed by atoms with E-state index in [1.807, 2.05) is 0 Å². The fourth-order valence-electron chi connectivity index (χ4n) is 2.73. The summed E-state index contributed by atoms with van der Waals surface area (Å²) in [6, 6.07) is 8.99. The molecule has 19 heavy (non-hydrogen) atoms. The third-order valence-corrected chi connectivity index (χ3v) is 4.12. The maximum absolute atomic E-state index is 10.2. The highest BCUT2D eigenvalue weighted by Crippen LogP contribution is 2.24. The van der Waals surface area contributed by atoms with Gasteiger partial charge in [-0.25, -0.2) is 0 Å². The highest BCUT2D eigenvalue weighted by molar-refractivity contribution is 5.28. The molecule has 1 saturated carbocycles. The van der Waals surface area contributed by atoms with Crippen LogP contribution in [0.2, 0.25) is 0 Å². The van der Waals surface area contributed by atoms with Gasteiger partial charge >= 0.3 is 0 Å². The summed E-state index contributed by atoms with van der Waals surface area (Å²) in [4.78, 5) is 0. The molecule has 1 unspecified atom stereocenters. The number of aliphatic hydroxyl groups is 1. The van der Waals surface area contributed by atoms with E-state index in [0.717, 1.165) is 5.56 Å². The number of hydrogen-bond donors (Lipinski definition) is 2. The maximum Gasteiger partial charge on any atom is 0.0914 e. The highest BCUT2D eigenvalue weighted by Gasteiger charge is 2.17. The van der Waals surface area contributed by atoms with E-state index >= 15 is 0 Å². The Balaban J connectivity index is 1.89. The molecule has 0 radical (unpaired) electrons. The lowest BCUT2D eigenvalue weighted by atomic mass is 9.86. The molecule has 106 valence electrons. The second-order valence-electron chi connectivity index (χ2n) is 6.78. The topological polar surface area (TPSA) is 32.3 Å². The first kappa shape index (κ1) is 14.5. The summed E-state index contributed by atoms with van der Waals surface area (Å²) in [5.74, 6) is 0. The van der Waals surface area contributed by atoms with Crippen LogP contribution in [0.1, 0.15) is 63.7 Å². The predicted molar refractivity (Wildman–Crippen MR) is 80.4 cm³/mol. The molecule has 2 heteroatoms. The third-order valence-electron chi connectivity index (χ3n) is 4.12. The van der Waals surface area contributed by atoms with Crippen LogP contribution in [0, 0.1) is 0 Å². The molecule has 0 bridgehead atoms. The Labute approximate surface area is 117 Å². The van der Waals surface area contributed by atoms with E-state index in [1.165, 1.54) is 31.2 Å². The summed E-state index contributed by atoms with van der Waals surface area (Å²) >= 11 is 0. The zero-order valence-corrected chi connectivity index (χ0v) is 12.4. The molecule has 2 N–H and O–H groups in total. The molecule has 1 fully saturated rings. The summed E-state index contributed by atoms with van der Waals surface area (Å²) in [7, 11) is 0. The molecular weight excluding hydrogens is 234 g/mol. The number of rotatable bonds is 4. The molecule has 0 aliphatic heterocycles. The van der Waals surface area contributed by atoms with E-state index < -0.39 is 6.10 Å². The van der Waals surface area contributed by atoms with Gasteiger partial charge in [0.05, 0.1) is 6.10 Å². The van der Waals surface area contributed by atoms with Crippen LogP contribution in [0.5, 0.6) is 0 Å². The highest BCUT2D eigenvalue weighted by atomic mass is 16.3. The maximum atomic E-state index is 10.2. The van der Waals surface area contributed by atoms with Crippen LogP contribution in [0.3, 0.4) is 0 Å². The molecule has 1 aromatic carbocycles. The van der Waals surface area contributed by atoms with Crippen molar-refractivity contribution >= 4 is 0 Å². The van der Waals surface area contributed by atoms with Gasteiger partial charge in [0.25, 0.3) is 0 Å². The Bertz CT molecular complexity index is 385. The van der Waals surface area contributed by atoms with E-state index in [-0.39, 0.29) is 5.41 Å². The molecule has 1 aliphatic carbocycles. The van der Waals surface area contributed by atoms with Crippen LogP contribution in [0.15, 0.2) is 24.3 Å². The van der Waals surface area contributed by atoms with Crippen molar-refractivity contribution in [3.05, 3.63) is 35.4 Å². The summed E-state index contributed by atoms with van der Waals surface area (Å²) in [5.41, 5.74) is 2.50. The minimum atomic E-state index is -0.394. The first-order valence-electron chi connectivity index (χ1n) is 7.49. The molecule has 2 rings (SSSR count). The molecule has 0 amide bonds. The first-order valence-corrected chi connectivity index (χ1v) is 7.49. The monoisotopic (exact) mass is 261 g/mol. The van der Waals surface area contributed by atoms with Crippen LogP contribution in [0.4, 0.5) is 0 Å². The molecule has 2 nitrogen and oxygen atoms in total. The fraction of sp³-hybridized carbons (Fsp3) is 0.647. The quantitative estimate of drug-likeness (QED) is 0.868. The van der Waals surface area contributed by atoms with Crippen molar-refractivity contribution in [3.63, 3.8) is 0 Å². The zero-order chi connectivity index (χ0) is 13.9. The van der Waals surface area contributed by atoms with Gasteiger partial charge in [0.2, 0.25) is 0 Å².